The number of fused-ring (bicyclic) bond motifs is 2. The van der Waals surface area contributed by atoms with E-state index in [1.807, 2.05) is 13.8 Å². The van der Waals surface area contributed by atoms with E-state index < -0.39 is 0 Å². The quantitative estimate of drug-likeness (QED) is 0.102. The summed E-state index contributed by atoms with van der Waals surface area (Å²) in [6.45, 7) is 18.3. The molecule has 13 heteroatoms. The van der Waals surface area contributed by atoms with Crippen molar-refractivity contribution in [2.45, 2.75) is 161 Å². The maximum absolute atomic E-state index is 11.3. The number of carbonyl (C=O) groups excluding carboxylic acids is 1. The number of hydrogen-bond donors (Lipinski definition) is 1. The fraction of sp³-hybridized carbons (Fsp3) is 0.912. The fourth-order valence-electron chi connectivity index (χ4n) is 6.71. The van der Waals surface area contributed by atoms with E-state index in [1.165, 1.54) is 7.11 Å². The van der Waals surface area contributed by atoms with Gasteiger partial charge in [-0.05, 0) is 44.9 Å². The second kappa shape index (κ2) is 27.1. The van der Waals surface area contributed by atoms with Gasteiger partial charge in [-0.15, -0.1) is 0 Å². The van der Waals surface area contributed by atoms with Gasteiger partial charge in [-0.1, -0.05) is 67.5 Å². The third-order valence-corrected chi connectivity index (χ3v) is 11.0. The molecule has 4 aliphatic rings. The molecule has 3 radical (unpaired) electrons. The van der Waals surface area contributed by atoms with Crippen LogP contribution in [0.25, 0.3) is 9.69 Å². The van der Waals surface area contributed by atoms with Crippen LogP contribution in [0.4, 0.5) is 0 Å². The summed E-state index contributed by atoms with van der Waals surface area (Å²) in [5.74, 6) is 0.565. The summed E-state index contributed by atoms with van der Waals surface area (Å²) in [4.78, 5) is 18.5. The average Bonchev–Trinajstić information content (AvgIpc) is 3.54. The molecule has 0 aromatic carbocycles. The third kappa shape index (κ3) is 15.3. The van der Waals surface area contributed by atoms with Crippen LogP contribution in [0.2, 0.25) is 0 Å². The minimum atomic E-state index is -0.185. The molecule has 0 spiro atoms. The van der Waals surface area contributed by atoms with Crippen LogP contribution in [-0.4, -0.2) is 103 Å². The van der Waals surface area contributed by atoms with Crippen molar-refractivity contribution >= 4 is 59.6 Å². The molecule has 0 aliphatic carbocycles. The number of halogens is 2. The zero-order valence-corrected chi connectivity index (χ0v) is 31.1. The number of hydrogen-bond acceptors (Lipinski definition) is 7. The number of aliphatic hydroxyl groups is 1. The number of alkyl halides is 2. The Balaban J connectivity index is -0.000000360. The maximum Gasteiger partial charge on any atom is 1.00 e. The van der Waals surface area contributed by atoms with Crippen molar-refractivity contribution in [3.63, 3.8) is 0 Å². The third-order valence-electron chi connectivity index (χ3n) is 8.99. The van der Waals surface area contributed by atoms with Gasteiger partial charge in [0.05, 0.1) is 55.9 Å². The SMILES string of the molecule is C.C.C.[B].[C-]#[N+][C@H](C)C[C@H]1CC[C@@H]2O[C@@H](CCC(=O)OC)[C@@H](CI)C2O1.[C-]#[N+][C@H](C)C[C@H]1CC[C@@H]2O[C@@H](CCCO)[C@@H](CI)C2O1.[H-].[Li+]. The molecule has 4 aliphatic heterocycles. The molecule has 4 heterocycles. The normalized spacial score (nSPS) is 32.9. The van der Waals surface area contributed by atoms with Crippen LogP contribution in [0.5, 0.6) is 0 Å². The number of aliphatic hydroxyl groups excluding tert-OH is 1. The van der Waals surface area contributed by atoms with Crippen molar-refractivity contribution in [1.82, 2.24) is 0 Å². The smallest absolute Gasteiger partial charge is 1.00 e. The molecule has 4 fully saturated rings. The Labute approximate surface area is 329 Å². The number of carbonyl (C=O) groups is 1. The Morgan fingerprint density at radius 1 is 0.851 bits per heavy atom. The van der Waals surface area contributed by atoms with Crippen molar-refractivity contribution in [1.29, 1.82) is 0 Å². The van der Waals surface area contributed by atoms with Crippen LogP contribution >= 0.6 is 45.2 Å². The van der Waals surface area contributed by atoms with Gasteiger partial charge in [0.2, 0.25) is 12.1 Å². The Kier molecular flexibility index (Phi) is 29.8. The Morgan fingerprint density at radius 3 is 1.64 bits per heavy atom. The van der Waals surface area contributed by atoms with E-state index in [-0.39, 0.29) is 124 Å². The summed E-state index contributed by atoms with van der Waals surface area (Å²) in [5, 5.41) is 9.00. The van der Waals surface area contributed by atoms with Crippen LogP contribution in [-0.2, 0) is 28.5 Å². The van der Waals surface area contributed by atoms with Gasteiger partial charge in [0.15, 0.2) is 0 Å². The molecular weight excluding hydrogens is 820 g/mol. The minimum Gasteiger partial charge on any atom is -1.00 e. The first-order valence-corrected chi connectivity index (χ1v) is 18.5. The molecule has 12 atom stereocenters. The summed E-state index contributed by atoms with van der Waals surface area (Å²) in [6, 6.07) is 0.0548. The van der Waals surface area contributed by atoms with Gasteiger partial charge in [0.25, 0.3) is 0 Å². The zero-order valence-electron chi connectivity index (χ0n) is 27.7. The first-order valence-electron chi connectivity index (χ1n) is 15.4. The topological polar surface area (TPSA) is 92.2 Å². The van der Waals surface area contributed by atoms with Crippen molar-refractivity contribution in [3.05, 3.63) is 22.8 Å². The number of rotatable bonds is 12. The molecule has 0 amide bonds. The Morgan fingerprint density at radius 2 is 1.28 bits per heavy atom. The van der Waals surface area contributed by atoms with E-state index in [2.05, 4.69) is 54.9 Å². The van der Waals surface area contributed by atoms with E-state index in [0.717, 1.165) is 60.2 Å². The standard InChI is InChI=1S/C16H24INO4.C15H24INO3.3CH4.B.Li.H/c1-10(18-2)8-11-4-5-14-16(21-11)12(9-17)13(22-14)6-7-15(19)20-3;1-10(17-2)8-11-5-6-14-15(19-11)12(9-16)13(20-14)4-3-7-18;;;;;;/h10-14,16H,4-9H2,1,3H3;10-15,18H,3-9H2,1H3;3*1H4;;;/q;;;;;;+1;-1/t10-,11-,12-,13+,14+,16?;10-,11-,12-,13+,14+,15?;;;;;;/m11....../s1. The van der Waals surface area contributed by atoms with Crippen LogP contribution in [0, 0.1) is 25.0 Å². The molecule has 4 saturated heterocycles. The fourth-order valence-corrected chi connectivity index (χ4v) is 8.85. The largest absolute Gasteiger partial charge is 1.00 e. The van der Waals surface area contributed by atoms with E-state index in [4.69, 9.17) is 41.9 Å². The van der Waals surface area contributed by atoms with Crippen LogP contribution < -0.4 is 18.9 Å². The Bertz CT molecular complexity index is 937. The predicted molar refractivity (Wildman–Crippen MR) is 204 cm³/mol. The van der Waals surface area contributed by atoms with Crippen LogP contribution in [0.1, 0.15) is 102 Å². The first kappa shape index (κ1) is 51.7. The first-order chi connectivity index (χ1) is 20.3. The van der Waals surface area contributed by atoms with Gasteiger partial charge < -0.3 is 39.9 Å². The summed E-state index contributed by atoms with van der Waals surface area (Å²) in [6.07, 6.45) is 9.77. The predicted octanol–water partition coefficient (Wildman–Crippen LogP) is 4.47. The molecule has 9 nitrogen and oxygen atoms in total. The molecule has 47 heavy (non-hydrogen) atoms. The zero-order chi connectivity index (χ0) is 30.6. The molecule has 0 aromatic rings. The number of esters is 1. The summed E-state index contributed by atoms with van der Waals surface area (Å²) in [7, 11) is 1.42. The van der Waals surface area contributed by atoms with Gasteiger partial charge in [-0.25, -0.2) is 13.1 Å². The van der Waals surface area contributed by atoms with Gasteiger partial charge in [-0.3, -0.25) is 4.79 Å². The van der Waals surface area contributed by atoms with Crippen molar-refractivity contribution in [3.8, 4) is 0 Å². The number of nitrogens with zero attached hydrogens (tertiary/aromatic N) is 2. The molecular formula is C34H61BI2LiN2O7. The maximum atomic E-state index is 11.3. The van der Waals surface area contributed by atoms with Crippen molar-refractivity contribution in [2.75, 3.05) is 22.6 Å². The summed E-state index contributed by atoms with van der Waals surface area (Å²) >= 11 is 4.79. The van der Waals surface area contributed by atoms with Gasteiger partial charge in [0.1, 0.15) is 0 Å². The molecule has 2 unspecified atom stereocenters. The van der Waals surface area contributed by atoms with E-state index in [9.17, 15) is 4.79 Å². The molecule has 267 valence electrons. The number of methoxy groups -OCH3 is 1. The monoisotopic (exact) mass is 881 g/mol. The number of ether oxygens (including phenoxy) is 5. The molecule has 4 rings (SSSR count). The van der Waals surface area contributed by atoms with E-state index in [1.54, 1.807) is 0 Å². The minimum absolute atomic E-state index is 0. The second-order valence-corrected chi connectivity index (χ2v) is 13.8. The van der Waals surface area contributed by atoms with E-state index in [0.29, 0.717) is 24.7 Å². The van der Waals surface area contributed by atoms with Crippen molar-refractivity contribution in [2.24, 2.45) is 11.8 Å². The molecule has 0 aromatic heterocycles. The van der Waals surface area contributed by atoms with Gasteiger partial charge in [0, 0.05) is 68.8 Å². The second-order valence-electron chi connectivity index (χ2n) is 12.1. The summed E-state index contributed by atoms with van der Waals surface area (Å²) in [5.41, 5.74) is 0. The van der Waals surface area contributed by atoms with Crippen LogP contribution in [0.3, 0.4) is 0 Å². The van der Waals surface area contributed by atoms with Crippen LogP contribution in [0.15, 0.2) is 0 Å². The van der Waals surface area contributed by atoms with Crippen molar-refractivity contribution < 1.29 is 53.9 Å². The van der Waals surface area contributed by atoms with Gasteiger partial charge >= 0.3 is 24.8 Å². The molecule has 0 bridgehead atoms. The average molecular weight is 881 g/mol. The Hall–Kier alpha value is 0.372. The van der Waals surface area contributed by atoms with Gasteiger partial charge in [-0.2, -0.15) is 0 Å². The molecule has 0 saturated carbocycles. The molecule has 1 N–H and O–H groups in total. The van der Waals surface area contributed by atoms with E-state index >= 15 is 0 Å². The summed E-state index contributed by atoms with van der Waals surface area (Å²) < 4.78 is 31.5.